The van der Waals surface area contributed by atoms with Crippen molar-refractivity contribution in [3.05, 3.63) is 44.4 Å². The van der Waals surface area contributed by atoms with Crippen LogP contribution in [0.25, 0.3) is 0 Å². The lowest BCUT2D eigenvalue weighted by Gasteiger charge is -2.06. The fraction of sp³-hybridized carbons (Fsp3) is 0.333. The van der Waals surface area contributed by atoms with Gasteiger partial charge in [0.1, 0.15) is 0 Å². The summed E-state index contributed by atoms with van der Waals surface area (Å²) in [4.78, 5) is 28.4. The van der Waals surface area contributed by atoms with Gasteiger partial charge in [-0.2, -0.15) is 0 Å². The van der Waals surface area contributed by atoms with E-state index < -0.39 is 10.8 Å². The van der Waals surface area contributed by atoms with Crippen molar-refractivity contribution in [1.82, 2.24) is 4.98 Å². The molecule has 0 atom stereocenters. The standard InChI is InChI=1S/C15H15N3O4S.ClH/c1-22-12-7-6-9(8-11(12)18(20)21)14(19)17-15-16-10-4-2-3-5-13(10)23-15;/h6-8H,2-5H2,1H3,(H,16,17,19);1H. The molecule has 0 saturated heterocycles. The third kappa shape index (κ3) is 3.65. The van der Waals surface area contributed by atoms with Gasteiger partial charge < -0.3 is 4.74 Å². The number of hydrogen-bond donors (Lipinski definition) is 1. The number of nitrogens with one attached hydrogen (secondary N) is 1. The van der Waals surface area contributed by atoms with Crippen LogP contribution in [-0.2, 0) is 12.8 Å². The minimum absolute atomic E-state index is 0. The molecule has 1 aliphatic carbocycles. The number of carbonyl (C=O) groups excluding carboxylic acids is 1. The molecule has 0 unspecified atom stereocenters. The molecule has 24 heavy (non-hydrogen) atoms. The number of fused-ring (bicyclic) bond motifs is 1. The highest BCUT2D eigenvalue weighted by Gasteiger charge is 2.20. The molecule has 1 aliphatic rings. The zero-order chi connectivity index (χ0) is 16.4. The maximum atomic E-state index is 12.3. The van der Waals surface area contributed by atoms with Crippen LogP contribution in [0.3, 0.4) is 0 Å². The van der Waals surface area contributed by atoms with Gasteiger partial charge in [0.05, 0.1) is 17.7 Å². The summed E-state index contributed by atoms with van der Waals surface area (Å²) in [5, 5.41) is 14.3. The van der Waals surface area contributed by atoms with E-state index in [1.54, 1.807) is 0 Å². The third-order valence-corrected chi connectivity index (χ3v) is 4.78. The van der Waals surface area contributed by atoms with E-state index in [0.717, 1.165) is 31.4 Å². The average Bonchev–Trinajstić information content (AvgIpc) is 2.96. The van der Waals surface area contributed by atoms with Crippen LogP contribution in [0.4, 0.5) is 10.8 Å². The Kier molecular flexibility index (Phi) is 5.74. The van der Waals surface area contributed by atoms with Crippen LogP contribution in [0, 0.1) is 10.1 Å². The van der Waals surface area contributed by atoms with Gasteiger partial charge in [0.2, 0.25) is 0 Å². The summed E-state index contributed by atoms with van der Waals surface area (Å²) in [5.74, 6) is -0.293. The topological polar surface area (TPSA) is 94.4 Å². The van der Waals surface area contributed by atoms with Crippen molar-refractivity contribution in [2.45, 2.75) is 25.7 Å². The van der Waals surface area contributed by atoms with Gasteiger partial charge in [-0.05, 0) is 37.8 Å². The molecule has 9 heteroatoms. The van der Waals surface area contributed by atoms with Gasteiger partial charge >= 0.3 is 5.69 Å². The highest BCUT2D eigenvalue weighted by molar-refractivity contribution is 7.15. The first-order valence-corrected chi connectivity index (χ1v) is 8.02. The minimum atomic E-state index is -0.572. The first-order chi connectivity index (χ1) is 11.1. The maximum Gasteiger partial charge on any atom is 0.311 e. The molecule has 0 bridgehead atoms. The van der Waals surface area contributed by atoms with Crippen LogP contribution in [0.2, 0.25) is 0 Å². The van der Waals surface area contributed by atoms with E-state index in [0.29, 0.717) is 5.13 Å². The zero-order valence-electron chi connectivity index (χ0n) is 12.9. The van der Waals surface area contributed by atoms with E-state index in [9.17, 15) is 14.9 Å². The zero-order valence-corrected chi connectivity index (χ0v) is 14.5. The number of aromatic nitrogens is 1. The Hall–Kier alpha value is -2.19. The maximum absolute atomic E-state index is 12.3. The number of nitrogens with zero attached hydrogens (tertiary/aromatic N) is 2. The summed E-state index contributed by atoms with van der Waals surface area (Å²) in [5.41, 5.74) is 1.02. The fourth-order valence-corrected chi connectivity index (χ4v) is 3.59. The summed E-state index contributed by atoms with van der Waals surface area (Å²) in [6.07, 6.45) is 4.20. The van der Waals surface area contributed by atoms with Gasteiger partial charge in [-0.1, -0.05) is 0 Å². The molecule has 0 spiro atoms. The van der Waals surface area contributed by atoms with Crippen molar-refractivity contribution < 1.29 is 14.5 Å². The molecule has 0 radical (unpaired) electrons. The third-order valence-electron chi connectivity index (χ3n) is 3.70. The average molecular weight is 370 g/mol. The van der Waals surface area contributed by atoms with Crippen LogP contribution in [0.5, 0.6) is 5.75 Å². The summed E-state index contributed by atoms with van der Waals surface area (Å²) in [7, 11) is 1.35. The predicted molar refractivity (Wildman–Crippen MR) is 93.6 cm³/mol. The van der Waals surface area contributed by atoms with Crippen LogP contribution in [0.1, 0.15) is 33.8 Å². The van der Waals surface area contributed by atoms with Crippen LogP contribution in [-0.4, -0.2) is 22.9 Å². The number of hydrogen-bond acceptors (Lipinski definition) is 6. The molecule has 3 rings (SSSR count). The van der Waals surface area contributed by atoms with Crippen LogP contribution < -0.4 is 10.1 Å². The summed E-state index contributed by atoms with van der Waals surface area (Å²) >= 11 is 1.47. The summed E-state index contributed by atoms with van der Waals surface area (Å²) in [6.45, 7) is 0. The number of nitro groups is 1. The van der Waals surface area contributed by atoms with Crippen LogP contribution in [0.15, 0.2) is 18.2 Å². The van der Waals surface area contributed by atoms with E-state index in [1.807, 2.05) is 0 Å². The lowest BCUT2D eigenvalue weighted by molar-refractivity contribution is -0.385. The molecular formula is C15H16ClN3O4S. The first kappa shape index (κ1) is 18.2. The molecule has 0 fully saturated rings. The van der Waals surface area contributed by atoms with Crippen molar-refractivity contribution in [1.29, 1.82) is 0 Å². The van der Waals surface area contributed by atoms with Gasteiger partial charge in [-0.15, -0.1) is 23.7 Å². The Morgan fingerprint density at radius 1 is 1.38 bits per heavy atom. The van der Waals surface area contributed by atoms with Crippen molar-refractivity contribution >= 4 is 40.5 Å². The molecule has 0 aliphatic heterocycles. The number of benzene rings is 1. The van der Waals surface area contributed by atoms with Gasteiger partial charge in [0.15, 0.2) is 10.9 Å². The van der Waals surface area contributed by atoms with Crippen molar-refractivity contribution in [3.8, 4) is 5.75 Å². The van der Waals surface area contributed by atoms with E-state index >= 15 is 0 Å². The number of amides is 1. The Morgan fingerprint density at radius 3 is 2.79 bits per heavy atom. The summed E-state index contributed by atoms with van der Waals surface area (Å²) in [6, 6.07) is 4.12. The van der Waals surface area contributed by atoms with E-state index in [4.69, 9.17) is 4.74 Å². The number of methoxy groups -OCH3 is 1. The lowest BCUT2D eigenvalue weighted by atomic mass is 10.0. The number of thiazole rings is 1. The second kappa shape index (κ2) is 7.59. The van der Waals surface area contributed by atoms with Crippen molar-refractivity contribution in [2.24, 2.45) is 0 Å². The summed E-state index contributed by atoms with van der Waals surface area (Å²) < 4.78 is 4.93. The molecule has 0 saturated carbocycles. The second-order valence-electron chi connectivity index (χ2n) is 5.19. The fourth-order valence-electron chi connectivity index (χ4n) is 2.55. The van der Waals surface area contributed by atoms with Crippen LogP contribution >= 0.6 is 23.7 Å². The highest BCUT2D eigenvalue weighted by atomic mass is 35.5. The molecule has 1 aromatic carbocycles. The lowest BCUT2D eigenvalue weighted by Crippen LogP contribution is -2.12. The highest BCUT2D eigenvalue weighted by Crippen LogP contribution is 2.31. The molecule has 1 N–H and O–H groups in total. The number of ether oxygens (including phenoxy) is 1. The molecule has 1 amide bonds. The molecular weight excluding hydrogens is 354 g/mol. The SMILES string of the molecule is COc1ccc(C(=O)Nc2nc3c(s2)CCCC3)cc1[N+](=O)[O-].Cl. The Balaban J connectivity index is 0.00000208. The molecule has 1 aromatic heterocycles. The Bertz CT molecular complexity index is 755. The molecule has 2 aromatic rings. The monoisotopic (exact) mass is 369 g/mol. The Morgan fingerprint density at radius 2 is 2.12 bits per heavy atom. The Labute approximate surface area is 148 Å². The molecule has 1 heterocycles. The number of aryl methyl sites for hydroxylation is 2. The van der Waals surface area contributed by atoms with Crippen molar-refractivity contribution in [2.75, 3.05) is 12.4 Å². The number of rotatable bonds is 4. The number of nitro benzene ring substituents is 1. The quantitative estimate of drug-likeness (QED) is 0.656. The normalized spacial score (nSPS) is 12.7. The van der Waals surface area contributed by atoms with Crippen molar-refractivity contribution in [3.63, 3.8) is 0 Å². The predicted octanol–water partition coefficient (Wildman–Crippen LogP) is 3.61. The van der Waals surface area contributed by atoms with E-state index in [1.165, 1.54) is 41.5 Å². The molecule has 128 valence electrons. The number of carbonyl (C=O) groups is 1. The second-order valence-corrected chi connectivity index (χ2v) is 6.28. The van der Waals surface area contributed by atoms with Gasteiger partial charge in [0.25, 0.3) is 5.91 Å². The van der Waals surface area contributed by atoms with E-state index in [-0.39, 0.29) is 29.4 Å². The minimum Gasteiger partial charge on any atom is -0.490 e. The largest absolute Gasteiger partial charge is 0.490 e. The smallest absolute Gasteiger partial charge is 0.311 e. The van der Waals surface area contributed by atoms with Gasteiger partial charge in [-0.3, -0.25) is 20.2 Å². The number of halogens is 1. The number of anilines is 1. The first-order valence-electron chi connectivity index (χ1n) is 7.21. The van der Waals surface area contributed by atoms with E-state index in [2.05, 4.69) is 10.3 Å². The molecule has 7 nitrogen and oxygen atoms in total. The van der Waals surface area contributed by atoms with Gasteiger partial charge in [0, 0.05) is 16.5 Å². The van der Waals surface area contributed by atoms with Gasteiger partial charge in [-0.25, -0.2) is 4.98 Å².